The summed E-state index contributed by atoms with van der Waals surface area (Å²) in [6.07, 6.45) is 0. The summed E-state index contributed by atoms with van der Waals surface area (Å²) >= 11 is 6.80. The number of carbonyl (C=O) groups is 2. The second-order valence-corrected chi connectivity index (χ2v) is 5.38. The summed E-state index contributed by atoms with van der Waals surface area (Å²) in [6.45, 7) is 1.83. The summed E-state index contributed by atoms with van der Waals surface area (Å²) in [4.78, 5) is 26.4. The van der Waals surface area contributed by atoms with E-state index in [-0.39, 0.29) is 16.7 Å². The number of carboxylic acid groups (broad SMARTS) is 1. The van der Waals surface area contributed by atoms with E-state index < -0.39 is 11.9 Å². The molecule has 0 spiro atoms. The summed E-state index contributed by atoms with van der Waals surface area (Å²) in [7, 11) is 0. The van der Waals surface area contributed by atoms with Gasteiger partial charge in [0.25, 0.3) is 5.91 Å². The Bertz CT molecular complexity index is 639. The van der Waals surface area contributed by atoms with Gasteiger partial charge in [-0.05, 0) is 24.6 Å². The molecule has 1 amide bonds. The highest BCUT2D eigenvalue weighted by atomic mass is 35.5. The molecule has 0 aliphatic heterocycles. The van der Waals surface area contributed by atoms with E-state index in [1.165, 1.54) is 5.38 Å². The topological polar surface area (TPSA) is 79.3 Å². The van der Waals surface area contributed by atoms with E-state index in [1.54, 1.807) is 12.1 Å². The van der Waals surface area contributed by atoms with Crippen LogP contribution in [-0.4, -0.2) is 22.0 Å². The number of thiazole rings is 1. The molecule has 104 valence electrons. The average Bonchev–Trinajstić information content (AvgIpc) is 2.89. The highest BCUT2D eigenvalue weighted by Crippen LogP contribution is 2.17. The Hall–Kier alpha value is -1.92. The Morgan fingerprint density at radius 1 is 1.35 bits per heavy atom. The number of carboxylic acids is 1. The van der Waals surface area contributed by atoms with Crippen molar-refractivity contribution in [1.29, 1.82) is 0 Å². The SMILES string of the molecule is CC(NC(=O)c1nc(C(=O)O)cs1)c1ccc(Cl)cc1. The molecule has 0 bridgehead atoms. The number of carbonyl (C=O) groups excluding carboxylic acids is 1. The van der Waals surface area contributed by atoms with Crippen molar-refractivity contribution in [3.05, 3.63) is 50.9 Å². The first-order chi connectivity index (χ1) is 9.47. The highest BCUT2D eigenvalue weighted by Gasteiger charge is 2.17. The van der Waals surface area contributed by atoms with Gasteiger partial charge in [-0.25, -0.2) is 9.78 Å². The Morgan fingerprint density at radius 2 is 2.00 bits per heavy atom. The first-order valence-electron chi connectivity index (χ1n) is 5.72. The number of hydrogen-bond donors (Lipinski definition) is 2. The van der Waals surface area contributed by atoms with Crippen LogP contribution in [0.1, 0.15) is 38.8 Å². The number of halogens is 1. The number of aromatic carboxylic acids is 1. The number of hydrogen-bond acceptors (Lipinski definition) is 4. The summed E-state index contributed by atoms with van der Waals surface area (Å²) < 4.78 is 0. The maximum Gasteiger partial charge on any atom is 0.355 e. The molecule has 7 heteroatoms. The van der Waals surface area contributed by atoms with Crippen LogP contribution in [0.25, 0.3) is 0 Å². The molecule has 2 rings (SSSR count). The largest absolute Gasteiger partial charge is 0.476 e. The molecule has 0 saturated heterocycles. The van der Waals surface area contributed by atoms with Crippen molar-refractivity contribution in [1.82, 2.24) is 10.3 Å². The Labute approximate surface area is 124 Å². The molecule has 0 saturated carbocycles. The third kappa shape index (κ3) is 3.34. The van der Waals surface area contributed by atoms with Gasteiger partial charge in [0, 0.05) is 10.4 Å². The van der Waals surface area contributed by atoms with Crippen LogP contribution in [-0.2, 0) is 0 Å². The predicted octanol–water partition coefficient (Wildman–Crippen LogP) is 2.99. The molecule has 1 unspecified atom stereocenters. The van der Waals surface area contributed by atoms with Gasteiger partial charge >= 0.3 is 5.97 Å². The van der Waals surface area contributed by atoms with Crippen LogP contribution >= 0.6 is 22.9 Å². The fourth-order valence-electron chi connectivity index (χ4n) is 1.57. The summed E-state index contributed by atoms with van der Waals surface area (Å²) in [6, 6.07) is 6.89. The van der Waals surface area contributed by atoms with Crippen LogP contribution in [0.4, 0.5) is 0 Å². The van der Waals surface area contributed by atoms with Gasteiger partial charge in [-0.1, -0.05) is 23.7 Å². The van der Waals surface area contributed by atoms with Gasteiger partial charge in [0.1, 0.15) is 0 Å². The number of rotatable bonds is 4. The Kier molecular flexibility index (Phi) is 4.36. The molecule has 1 atom stereocenters. The van der Waals surface area contributed by atoms with E-state index in [2.05, 4.69) is 10.3 Å². The van der Waals surface area contributed by atoms with Gasteiger partial charge in [0.2, 0.25) is 0 Å². The number of nitrogens with zero attached hydrogens (tertiary/aromatic N) is 1. The minimum Gasteiger partial charge on any atom is -0.476 e. The van der Waals surface area contributed by atoms with Crippen LogP contribution < -0.4 is 5.32 Å². The molecule has 0 aliphatic carbocycles. The molecular formula is C13H11ClN2O3S. The van der Waals surface area contributed by atoms with Gasteiger partial charge in [-0.15, -0.1) is 11.3 Å². The van der Waals surface area contributed by atoms with Crippen LogP contribution in [0.3, 0.4) is 0 Å². The zero-order valence-electron chi connectivity index (χ0n) is 10.5. The molecule has 0 radical (unpaired) electrons. The van der Waals surface area contributed by atoms with E-state index in [1.807, 2.05) is 19.1 Å². The second-order valence-electron chi connectivity index (χ2n) is 4.09. The van der Waals surface area contributed by atoms with Crippen molar-refractivity contribution >= 4 is 34.8 Å². The Balaban J connectivity index is 2.06. The van der Waals surface area contributed by atoms with Crippen molar-refractivity contribution in [2.45, 2.75) is 13.0 Å². The van der Waals surface area contributed by atoms with Crippen LogP contribution in [0.15, 0.2) is 29.6 Å². The van der Waals surface area contributed by atoms with Crippen LogP contribution in [0.2, 0.25) is 5.02 Å². The summed E-state index contributed by atoms with van der Waals surface area (Å²) in [5, 5.41) is 13.6. The number of nitrogens with one attached hydrogen (secondary N) is 1. The zero-order chi connectivity index (χ0) is 14.7. The third-order valence-corrected chi connectivity index (χ3v) is 3.73. The van der Waals surface area contributed by atoms with Gasteiger partial charge in [0.15, 0.2) is 10.7 Å². The van der Waals surface area contributed by atoms with Crippen LogP contribution in [0, 0.1) is 0 Å². The van der Waals surface area contributed by atoms with Crippen molar-refractivity contribution in [3.8, 4) is 0 Å². The van der Waals surface area contributed by atoms with Crippen LogP contribution in [0.5, 0.6) is 0 Å². The molecule has 1 aromatic heterocycles. The van der Waals surface area contributed by atoms with Crippen molar-refractivity contribution < 1.29 is 14.7 Å². The minimum atomic E-state index is -1.15. The van der Waals surface area contributed by atoms with E-state index in [0.717, 1.165) is 16.9 Å². The molecule has 1 heterocycles. The monoisotopic (exact) mass is 310 g/mol. The quantitative estimate of drug-likeness (QED) is 0.910. The maximum atomic E-state index is 11.9. The van der Waals surface area contributed by atoms with Gasteiger partial charge in [-0.2, -0.15) is 0 Å². The standard InChI is InChI=1S/C13H11ClN2O3S/c1-7(8-2-4-9(14)5-3-8)15-11(17)12-16-10(6-20-12)13(18)19/h2-7H,1H3,(H,15,17)(H,18,19). The van der Waals surface area contributed by atoms with Crippen molar-refractivity contribution in [2.75, 3.05) is 0 Å². The molecule has 2 aromatic rings. The van der Waals surface area contributed by atoms with Crippen molar-refractivity contribution in [2.24, 2.45) is 0 Å². The molecule has 1 aromatic carbocycles. The van der Waals surface area contributed by atoms with Crippen molar-refractivity contribution in [3.63, 3.8) is 0 Å². The van der Waals surface area contributed by atoms with Gasteiger partial charge in [-0.3, -0.25) is 4.79 Å². The second kappa shape index (κ2) is 6.02. The third-order valence-electron chi connectivity index (χ3n) is 2.64. The number of amides is 1. The minimum absolute atomic E-state index is 0.126. The molecule has 5 nitrogen and oxygen atoms in total. The zero-order valence-corrected chi connectivity index (χ0v) is 12.0. The lowest BCUT2D eigenvalue weighted by molar-refractivity contribution is 0.0691. The lowest BCUT2D eigenvalue weighted by Crippen LogP contribution is -2.26. The summed E-state index contributed by atoms with van der Waals surface area (Å²) in [5.74, 6) is -1.55. The molecule has 20 heavy (non-hydrogen) atoms. The van der Waals surface area contributed by atoms with E-state index >= 15 is 0 Å². The van der Waals surface area contributed by atoms with Gasteiger partial charge in [0.05, 0.1) is 6.04 Å². The lowest BCUT2D eigenvalue weighted by Gasteiger charge is -2.13. The maximum absolute atomic E-state index is 11.9. The molecule has 2 N–H and O–H groups in total. The van der Waals surface area contributed by atoms with Gasteiger partial charge < -0.3 is 10.4 Å². The molecule has 0 aliphatic rings. The smallest absolute Gasteiger partial charge is 0.355 e. The predicted molar refractivity (Wildman–Crippen MR) is 76.4 cm³/mol. The fraction of sp³-hybridized carbons (Fsp3) is 0.154. The summed E-state index contributed by atoms with van der Waals surface area (Å²) in [5.41, 5.74) is 0.775. The average molecular weight is 311 g/mol. The fourth-order valence-corrected chi connectivity index (χ4v) is 2.39. The first kappa shape index (κ1) is 14.5. The van der Waals surface area contributed by atoms with E-state index in [9.17, 15) is 9.59 Å². The molecule has 0 fully saturated rings. The Morgan fingerprint density at radius 3 is 2.55 bits per heavy atom. The number of benzene rings is 1. The van der Waals surface area contributed by atoms with E-state index in [0.29, 0.717) is 5.02 Å². The highest BCUT2D eigenvalue weighted by molar-refractivity contribution is 7.11. The lowest BCUT2D eigenvalue weighted by atomic mass is 10.1. The normalized spacial score (nSPS) is 11.9. The number of aromatic nitrogens is 1. The first-order valence-corrected chi connectivity index (χ1v) is 6.98. The van der Waals surface area contributed by atoms with E-state index in [4.69, 9.17) is 16.7 Å². The molecular weight excluding hydrogens is 300 g/mol.